The number of primary amides is 1. The molecule has 0 radical (unpaired) electrons. The number of ether oxygens (including phenoxy) is 2. The van der Waals surface area contributed by atoms with E-state index in [1.807, 2.05) is 0 Å². The van der Waals surface area contributed by atoms with Gasteiger partial charge in [0.05, 0.1) is 19.5 Å². The largest absolute Gasteiger partial charge is 0.756 e. The zero-order valence-corrected chi connectivity index (χ0v) is 28.2. The molecule has 3 aromatic rings. The maximum atomic E-state index is 12.5. The third-order valence-corrected chi connectivity index (χ3v) is 11.4. The number of amides is 1. The minimum Gasteiger partial charge on any atom is -0.756 e. The number of fused-ring (bicyclic) bond motifs is 1. The van der Waals surface area contributed by atoms with E-state index in [-0.39, 0.29) is 28.3 Å². The average molecular weight is 760 g/mol. The molecule has 6 rings (SSSR count). The number of carbonyl (C=O) groups is 2. The van der Waals surface area contributed by atoms with Gasteiger partial charge in [0.2, 0.25) is 0 Å². The fourth-order valence-corrected chi connectivity index (χ4v) is 8.33. The number of phosphoric ester groups is 2. The van der Waals surface area contributed by atoms with Crippen molar-refractivity contribution in [2.45, 2.75) is 80.7 Å². The van der Waals surface area contributed by atoms with Gasteiger partial charge >= 0.3 is 7.82 Å². The van der Waals surface area contributed by atoms with Gasteiger partial charge in [0.25, 0.3) is 20.0 Å². The van der Waals surface area contributed by atoms with Gasteiger partial charge < -0.3 is 55.7 Å². The predicted octanol–water partition coefficient (Wildman–Crippen LogP) is -2.42. The Kier molecular flexibility index (Phi) is 10.7. The molecule has 1 saturated carbocycles. The summed E-state index contributed by atoms with van der Waals surface area (Å²) < 4.78 is 52.2. The second-order valence-electron chi connectivity index (χ2n) is 12.2. The first-order valence-corrected chi connectivity index (χ1v) is 18.5. The van der Waals surface area contributed by atoms with Gasteiger partial charge in [0, 0.05) is 18.4 Å². The smallest absolute Gasteiger partial charge is 0.478 e. The van der Waals surface area contributed by atoms with Crippen LogP contribution in [0.1, 0.15) is 60.0 Å². The molecule has 1 amide bonds. The Labute approximate surface area is 287 Å². The number of pyridine rings is 1. The molecule has 9 N–H and O–H groups in total. The standard InChI is InChI=1S/C27H35N7O15P2/c28-23-18-25(31-10-30-23)34(11-32-18)27-22(39)20(37)17(48-27)9-46-51(43,44)49-50(41,42)45-8-16-19(36)21(38)26(47-16)33-6-5-12(14(7-33)24(29)40)13-3-1-2-4-15(13)35/h5-7,10-11,13,16-17,19-22,26-27,36-39H,1-4,8-9H2,(H5-,28,29,30,31,40,41,42,43,44)/t13-,16-,17-,19-,20-,21+,22+,26+,27+/m0/s1. The van der Waals surface area contributed by atoms with Crippen LogP contribution in [0.3, 0.4) is 0 Å². The van der Waals surface area contributed by atoms with Crippen LogP contribution in [0.15, 0.2) is 31.1 Å². The molecule has 3 fully saturated rings. The first-order chi connectivity index (χ1) is 24.1. The fraction of sp³-hybridized carbons (Fsp3) is 0.556. The van der Waals surface area contributed by atoms with E-state index in [1.54, 1.807) is 0 Å². The lowest BCUT2D eigenvalue weighted by molar-refractivity contribution is -0.765. The molecule has 3 aromatic heterocycles. The second-order valence-corrected chi connectivity index (χ2v) is 15.2. The molecule has 22 nitrogen and oxygen atoms in total. The number of nitrogen functional groups attached to an aromatic ring is 1. The van der Waals surface area contributed by atoms with E-state index in [9.17, 15) is 48.9 Å². The molecule has 278 valence electrons. The van der Waals surface area contributed by atoms with Crippen molar-refractivity contribution in [1.82, 2.24) is 19.5 Å². The Bertz CT molecular complexity index is 1900. The molecule has 5 heterocycles. The molecule has 1 aliphatic carbocycles. The first kappa shape index (κ1) is 37.4. The number of phosphoric acid groups is 2. The lowest BCUT2D eigenvalue weighted by atomic mass is 9.81. The Morgan fingerprint density at radius 1 is 1.04 bits per heavy atom. The molecular weight excluding hydrogens is 724 g/mol. The molecular formula is C27H35N7O15P2. The monoisotopic (exact) mass is 759 g/mol. The van der Waals surface area contributed by atoms with Crippen molar-refractivity contribution < 1.29 is 76.3 Å². The van der Waals surface area contributed by atoms with E-state index in [0.717, 1.165) is 19.2 Å². The van der Waals surface area contributed by atoms with Gasteiger partial charge in [-0.15, -0.1) is 0 Å². The maximum absolute atomic E-state index is 12.5. The number of nitrogens with zero attached hydrogens (tertiary/aromatic N) is 5. The van der Waals surface area contributed by atoms with Gasteiger partial charge in [-0.2, -0.15) is 4.57 Å². The number of ketones is 1. The lowest BCUT2D eigenvalue weighted by Crippen LogP contribution is -2.47. The predicted molar refractivity (Wildman–Crippen MR) is 163 cm³/mol. The van der Waals surface area contributed by atoms with Crippen LogP contribution >= 0.6 is 15.6 Å². The highest BCUT2D eigenvalue weighted by Crippen LogP contribution is 2.58. The molecule has 2 aliphatic heterocycles. The quantitative estimate of drug-likeness (QED) is 0.0746. The summed E-state index contributed by atoms with van der Waals surface area (Å²) in [7, 11) is -11.2. The van der Waals surface area contributed by atoms with Crippen molar-refractivity contribution in [2.75, 3.05) is 18.9 Å². The zero-order valence-electron chi connectivity index (χ0n) is 26.4. The summed E-state index contributed by atoms with van der Waals surface area (Å²) in [5, 5.41) is 42.2. The normalized spacial score (nSPS) is 32.2. The van der Waals surface area contributed by atoms with Crippen molar-refractivity contribution in [2.24, 2.45) is 5.73 Å². The first-order valence-electron chi connectivity index (χ1n) is 15.5. The Morgan fingerprint density at radius 2 is 1.75 bits per heavy atom. The highest BCUT2D eigenvalue weighted by Gasteiger charge is 2.50. The van der Waals surface area contributed by atoms with Gasteiger partial charge in [-0.3, -0.25) is 23.2 Å². The molecule has 2 unspecified atom stereocenters. The molecule has 11 atom stereocenters. The van der Waals surface area contributed by atoms with Crippen molar-refractivity contribution >= 4 is 44.3 Å². The van der Waals surface area contributed by atoms with Crippen LogP contribution < -0.4 is 20.9 Å². The number of Topliss-reactive ketones (excluding diaryl/α,β-unsaturated/α-hetero) is 1. The van der Waals surface area contributed by atoms with E-state index in [4.69, 9.17) is 25.5 Å². The van der Waals surface area contributed by atoms with Crippen LogP contribution in [0.5, 0.6) is 0 Å². The second kappa shape index (κ2) is 14.6. The van der Waals surface area contributed by atoms with Crippen molar-refractivity contribution in [3.63, 3.8) is 0 Å². The van der Waals surface area contributed by atoms with Crippen LogP contribution in [0.25, 0.3) is 11.2 Å². The maximum Gasteiger partial charge on any atom is 0.478 e. The van der Waals surface area contributed by atoms with Gasteiger partial charge in [-0.25, -0.2) is 23.8 Å². The summed E-state index contributed by atoms with van der Waals surface area (Å²) in [6, 6.07) is 1.49. The molecule has 0 bridgehead atoms. The molecule has 3 aliphatic rings. The average Bonchev–Trinajstić information content (AvgIpc) is 3.72. The number of aliphatic hydroxyl groups is 4. The number of aliphatic hydroxyl groups excluding tert-OH is 4. The molecule has 0 spiro atoms. The van der Waals surface area contributed by atoms with E-state index in [1.165, 1.54) is 33.9 Å². The van der Waals surface area contributed by atoms with Gasteiger partial charge in [0.1, 0.15) is 53.7 Å². The number of anilines is 1. The van der Waals surface area contributed by atoms with Gasteiger partial charge in [-0.1, -0.05) is 6.42 Å². The molecule has 24 heteroatoms. The number of hydrogen-bond donors (Lipinski definition) is 7. The number of hydrogen-bond acceptors (Lipinski definition) is 18. The fourth-order valence-electron chi connectivity index (χ4n) is 6.27. The van der Waals surface area contributed by atoms with Gasteiger partial charge in [0.15, 0.2) is 36.2 Å². The Hall–Kier alpha value is -3.34. The Balaban J connectivity index is 1.05. The highest BCUT2D eigenvalue weighted by atomic mass is 31.3. The number of carbonyl (C=O) groups excluding carboxylic acids is 2. The van der Waals surface area contributed by atoms with Crippen molar-refractivity contribution in [3.05, 3.63) is 42.2 Å². The summed E-state index contributed by atoms with van der Waals surface area (Å²) >= 11 is 0. The minimum atomic E-state index is -5.68. The van der Waals surface area contributed by atoms with Crippen molar-refractivity contribution in [3.8, 4) is 0 Å². The van der Waals surface area contributed by atoms with E-state index in [0.29, 0.717) is 18.4 Å². The van der Waals surface area contributed by atoms with Crippen LogP contribution in [-0.2, 0) is 36.8 Å². The lowest BCUT2D eigenvalue weighted by Gasteiger charge is -2.26. The highest BCUT2D eigenvalue weighted by molar-refractivity contribution is 7.60. The van der Waals surface area contributed by atoms with Gasteiger partial charge in [-0.05, 0) is 18.4 Å². The third-order valence-electron chi connectivity index (χ3n) is 8.84. The third kappa shape index (κ3) is 7.74. The topological polar surface area (TPSA) is 338 Å². The summed E-state index contributed by atoms with van der Waals surface area (Å²) in [5.41, 5.74) is 12.1. The SMILES string of the molecule is NC(=O)c1c[n+]([C@@H]2O[C@@H](COP(=O)([O-])OP(=O)(O)OC[C@@H]3O[C@@H](n4cnc5c(N)ncnc54)[C@H](O)[C@H]3O)[C@H](O)[C@H]2O)ccc1[C@@H]1CCCCC1=O. The number of aromatic nitrogens is 5. The van der Waals surface area contributed by atoms with Crippen LogP contribution in [0, 0.1) is 0 Å². The number of rotatable bonds is 12. The molecule has 0 aromatic carbocycles. The van der Waals surface area contributed by atoms with E-state index < -0.39 is 89.8 Å². The minimum absolute atomic E-state index is 0.00517. The summed E-state index contributed by atoms with van der Waals surface area (Å²) in [5.74, 6) is -1.38. The number of imidazole rings is 1. The Morgan fingerprint density at radius 3 is 2.47 bits per heavy atom. The van der Waals surface area contributed by atoms with Crippen LogP contribution in [0.4, 0.5) is 5.82 Å². The zero-order chi connectivity index (χ0) is 36.8. The van der Waals surface area contributed by atoms with E-state index in [2.05, 4.69) is 23.8 Å². The van der Waals surface area contributed by atoms with Crippen LogP contribution in [-0.4, -0.2) is 106 Å². The van der Waals surface area contributed by atoms with Crippen LogP contribution in [0.2, 0.25) is 0 Å². The summed E-state index contributed by atoms with van der Waals surface area (Å²) in [6.45, 7) is -1.94. The summed E-state index contributed by atoms with van der Waals surface area (Å²) in [6.07, 6.45) is -4.97. The van der Waals surface area contributed by atoms with E-state index >= 15 is 0 Å². The van der Waals surface area contributed by atoms with Crippen molar-refractivity contribution in [1.29, 1.82) is 0 Å². The molecule has 2 saturated heterocycles. The number of nitrogens with two attached hydrogens (primary N) is 2. The summed E-state index contributed by atoms with van der Waals surface area (Å²) in [4.78, 5) is 59.2. The molecule has 51 heavy (non-hydrogen) atoms.